The number of para-hydroxylation sites is 1. The van der Waals surface area contributed by atoms with Crippen molar-refractivity contribution in [3.8, 4) is 0 Å². The molecule has 1 aromatic rings. The van der Waals surface area contributed by atoms with Gasteiger partial charge in [0.15, 0.2) is 8.32 Å². The molecular weight excluding hydrogens is 272 g/mol. The Balaban J connectivity index is 2.49. The topological polar surface area (TPSA) is 33.6 Å². The maximum Gasteiger partial charge on any atom is 0.185 e. The maximum atomic E-state index is 6.21. The van der Waals surface area contributed by atoms with Crippen molar-refractivity contribution >= 4 is 31.3 Å². The Hall–Kier alpha value is -0.783. The molecule has 0 aliphatic rings. The fourth-order valence-electron chi connectivity index (χ4n) is 1.58. The molecule has 1 atom stereocenters. The zero-order valence-electron chi connectivity index (χ0n) is 12.4. The molecule has 19 heavy (non-hydrogen) atoms. The van der Waals surface area contributed by atoms with Gasteiger partial charge in [-0.3, -0.25) is 5.43 Å². The summed E-state index contributed by atoms with van der Waals surface area (Å²) in [7, 11) is -1.54. The second-order valence-electron chi connectivity index (χ2n) is 5.53. The van der Waals surface area contributed by atoms with Gasteiger partial charge < -0.3 is 4.43 Å². The summed E-state index contributed by atoms with van der Waals surface area (Å²) in [5.74, 6) is 0. The summed E-state index contributed by atoms with van der Waals surface area (Å²) in [5.41, 5.74) is 5.83. The second kappa shape index (κ2) is 7.12. The van der Waals surface area contributed by atoms with E-state index in [4.69, 9.17) is 4.43 Å². The van der Waals surface area contributed by atoms with Crippen molar-refractivity contribution in [2.24, 2.45) is 5.10 Å². The van der Waals surface area contributed by atoms with Gasteiger partial charge in [-0.25, -0.2) is 0 Å². The average Bonchev–Trinajstić information content (AvgIpc) is 2.34. The number of hydrazone groups is 1. The molecule has 5 heteroatoms. The van der Waals surface area contributed by atoms with Crippen LogP contribution in [0.25, 0.3) is 0 Å². The van der Waals surface area contributed by atoms with Gasteiger partial charge in [-0.05, 0) is 45.1 Å². The summed E-state index contributed by atoms with van der Waals surface area (Å²) >= 11 is 1.63. The Morgan fingerprint density at radius 1 is 1.32 bits per heavy atom. The summed E-state index contributed by atoms with van der Waals surface area (Å²) in [6.45, 7) is 10.9. The van der Waals surface area contributed by atoms with Crippen LogP contribution in [0.1, 0.15) is 20.3 Å². The van der Waals surface area contributed by atoms with Crippen molar-refractivity contribution in [1.29, 1.82) is 0 Å². The van der Waals surface area contributed by atoms with Crippen LogP contribution in [0.5, 0.6) is 0 Å². The molecule has 0 saturated heterocycles. The molecule has 0 radical (unpaired) electrons. The number of hydrogen-bond acceptors (Lipinski definition) is 4. The highest BCUT2D eigenvalue weighted by Crippen LogP contribution is 2.31. The molecule has 0 spiro atoms. The van der Waals surface area contributed by atoms with Crippen LogP contribution >= 0.6 is 11.8 Å². The zero-order chi connectivity index (χ0) is 14.4. The lowest BCUT2D eigenvalue weighted by Crippen LogP contribution is -2.37. The predicted octanol–water partition coefficient (Wildman–Crippen LogP) is 4.75. The number of anilines is 1. The van der Waals surface area contributed by atoms with Crippen molar-refractivity contribution in [2.75, 3.05) is 5.43 Å². The third-order valence-corrected chi connectivity index (χ3v) is 4.78. The van der Waals surface area contributed by atoms with Gasteiger partial charge in [-0.2, -0.15) is 5.10 Å². The standard InChI is InChI=1S/C14H24N2OSSi/c1-6-14(2,17-19(3,4)5)18-12-15-16-13-10-8-7-9-11-13/h7-12,16H,6H2,1-5H3/b15-12-. The molecule has 1 unspecified atom stereocenters. The Bertz CT molecular complexity index is 406. The minimum atomic E-state index is -1.54. The highest BCUT2D eigenvalue weighted by atomic mass is 32.2. The van der Waals surface area contributed by atoms with Gasteiger partial charge in [-0.1, -0.05) is 36.9 Å². The molecule has 3 nitrogen and oxygen atoms in total. The van der Waals surface area contributed by atoms with Crippen LogP contribution in [-0.4, -0.2) is 18.8 Å². The van der Waals surface area contributed by atoms with Crippen LogP contribution in [-0.2, 0) is 4.43 Å². The lowest BCUT2D eigenvalue weighted by molar-refractivity contribution is 0.175. The number of rotatable bonds is 7. The molecule has 1 N–H and O–H groups in total. The van der Waals surface area contributed by atoms with Gasteiger partial charge in [-0.15, -0.1) is 0 Å². The third-order valence-electron chi connectivity index (χ3n) is 2.49. The van der Waals surface area contributed by atoms with Crippen LogP contribution < -0.4 is 5.43 Å². The molecule has 0 aliphatic carbocycles. The van der Waals surface area contributed by atoms with E-state index in [0.29, 0.717) is 0 Å². The number of nitrogens with zero attached hydrogens (tertiary/aromatic N) is 1. The first-order valence-corrected chi connectivity index (χ1v) is 10.8. The monoisotopic (exact) mass is 296 g/mol. The van der Waals surface area contributed by atoms with Crippen LogP contribution in [0.4, 0.5) is 5.69 Å². The number of thioether (sulfide) groups is 1. The van der Waals surface area contributed by atoms with Gasteiger partial charge in [0.1, 0.15) is 4.93 Å². The van der Waals surface area contributed by atoms with E-state index in [0.717, 1.165) is 12.1 Å². The van der Waals surface area contributed by atoms with E-state index in [1.807, 2.05) is 35.9 Å². The SMILES string of the molecule is CCC(C)(O[Si](C)(C)C)S/C=N\Nc1ccccc1. The molecular formula is C14H24N2OSSi. The van der Waals surface area contributed by atoms with Gasteiger partial charge in [0.2, 0.25) is 0 Å². The van der Waals surface area contributed by atoms with Gasteiger partial charge in [0.05, 0.1) is 11.2 Å². The Morgan fingerprint density at radius 3 is 2.47 bits per heavy atom. The van der Waals surface area contributed by atoms with Crippen LogP contribution in [0.3, 0.4) is 0 Å². The molecule has 0 aliphatic heterocycles. The fourth-order valence-corrected chi connectivity index (χ4v) is 4.46. The molecule has 0 amide bonds. The number of nitrogens with one attached hydrogen (secondary N) is 1. The number of benzene rings is 1. The normalized spacial score (nSPS) is 15.4. The number of hydrogen-bond donors (Lipinski definition) is 1. The van der Waals surface area contributed by atoms with Crippen LogP contribution in [0.15, 0.2) is 35.4 Å². The van der Waals surface area contributed by atoms with E-state index in [2.05, 4.69) is 44.0 Å². The highest BCUT2D eigenvalue weighted by molar-refractivity contribution is 8.13. The molecule has 0 fully saturated rings. The first-order chi connectivity index (χ1) is 8.85. The van der Waals surface area contributed by atoms with Crippen LogP contribution in [0, 0.1) is 0 Å². The predicted molar refractivity (Wildman–Crippen MR) is 89.3 cm³/mol. The Kier molecular flexibility index (Phi) is 6.10. The summed E-state index contributed by atoms with van der Waals surface area (Å²) in [6.07, 6.45) is 0.958. The van der Waals surface area contributed by atoms with E-state index in [9.17, 15) is 0 Å². The minimum Gasteiger partial charge on any atom is -0.403 e. The van der Waals surface area contributed by atoms with Crippen molar-refractivity contribution in [2.45, 2.75) is 44.8 Å². The second-order valence-corrected chi connectivity index (χ2v) is 11.3. The molecule has 0 aromatic heterocycles. The molecule has 1 aromatic carbocycles. The van der Waals surface area contributed by atoms with E-state index in [1.54, 1.807) is 11.8 Å². The summed E-state index contributed by atoms with van der Waals surface area (Å²) < 4.78 is 6.21. The first kappa shape index (κ1) is 16.3. The van der Waals surface area contributed by atoms with Crippen molar-refractivity contribution in [1.82, 2.24) is 0 Å². The molecule has 0 bridgehead atoms. The van der Waals surface area contributed by atoms with E-state index in [1.165, 1.54) is 0 Å². The third kappa shape index (κ3) is 6.80. The molecule has 0 heterocycles. The maximum absolute atomic E-state index is 6.21. The van der Waals surface area contributed by atoms with E-state index < -0.39 is 8.32 Å². The zero-order valence-corrected chi connectivity index (χ0v) is 14.3. The molecule has 106 valence electrons. The van der Waals surface area contributed by atoms with Crippen molar-refractivity contribution in [3.63, 3.8) is 0 Å². The smallest absolute Gasteiger partial charge is 0.185 e. The Labute approximate surface area is 122 Å². The van der Waals surface area contributed by atoms with Gasteiger partial charge in [0, 0.05) is 0 Å². The molecule has 0 saturated carbocycles. The lowest BCUT2D eigenvalue weighted by Gasteiger charge is -2.33. The van der Waals surface area contributed by atoms with Gasteiger partial charge in [0.25, 0.3) is 0 Å². The van der Waals surface area contributed by atoms with E-state index in [-0.39, 0.29) is 4.93 Å². The first-order valence-electron chi connectivity index (χ1n) is 6.55. The fraction of sp³-hybridized carbons (Fsp3) is 0.500. The summed E-state index contributed by atoms with van der Waals surface area (Å²) in [6, 6.07) is 9.92. The largest absolute Gasteiger partial charge is 0.403 e. The quantitative estimate of drug-likeness (QED) is 0.259. The van der Waals surface area contributed by atoms with Crippen LogP contribution in [0.2, 0.25) is 19.6 Å². The average molecular weight is 297 g/mol. The van der Waals surface area contributed by atoms with Crippen molar-refractivity contribution in [3.05, 3.63) is 30.3 Å². The molecule has 1 rings (SSSR count). The van der Waals surface area contributed by atoms with Crippen molar-refractivity contribution < 1.29 is 4.43 Å². The van der Waals surface area contributed by atoms with Gasteiger partial charge >= 0.3 is 0 Å². The summed E-state index contributed by atoms with van der Waals surface area (Å²) in [5, 5.41) is 4.23. The summed E-state index contributed by atoms with van der Waals surface area (Å²) in [4.78, 5) is -0.188. The Morgan fingerprint density at radius 2 is 1.95 bits per heavy atom. The minimum absolute atomic E-state index is 0.188. The highest BCUT2D eigenvalue weighted by Gasteiger charge is 2.30. The van der Waals surface area contributed by atoms with E-state index >= 15 is 0 Å². The lowest BCUT2D eigenvalue weighted by atomic mass is 10.3.